The molecule has 0 unspecified atom stereocenters. The Kier molecular flexibility index (Phi) is 7.89. The molecule has 3 heterocycles. The maximum atomic E-state index is 11.7. The summed E-state index contributed by atoms with van der Waals surface area (Å²) in [6, 6.07) is 2.17. The number of halogens is 3. The summed E-state index contributed by atoms with van der Waals surface area (Å²) in [5.41, 5.74) is 1.39. The van der Waals surface area contributed by atoms with Crippen LogP contribution in [0, 0.1) is 18.8 Å². The molecule has 3 atom stereocenters. The smallest absolute Gasteiger partial charge is 0.475 e. The molecule has 11 heteroatoms. The minimum atomic E-state index is -5.08. The molecule has 0 radical (unpaired) electrons. The summed E-state index contributed by atoms with van der Waals surface area (Å²) in [6.07, 6.45) is -4.75. The third-order valence-corrected chi connectivity index (χ3v) is 6.02. The second kappa shape index (κ2) is 9.77. The zero-order chi connectivity index (χ0) is 21.8. The van der Waals surface area contributed by atoms with Crippen molar-refractivity contribution in [3.63, 3.8) is 0 Å². The second-order valence-electron chi connectivity index (χ2n) is 7.40. The van der Waals surface area contributed by atoms with Gasteiger partial charge in [-0.2, -0.15) is 13.2 Å². The Morgan fingerprint density at radius 3 is 2.55 bits per heavy atom. The van der Waals surface area contributed by atoms with Crippen LogP contribution in [0.3, 0.4) is 0 Å². The summed E-state index contributed by atoms with van der Waals surface area (Å²) in [6.45, 7) is 6.78. The quantitative estimate of drug-likeness (QED) is 0.756. The number of carboxylic acids is 1. The number of ether oxygens (including phenoxy) is 1. The maximum Gasteiger partial charge on any atom is 0.490 e. The molecule has 1 aromatic rings. The number of rotatable bonds is 4. The van der Waals surface area contributed by atoms with Crippen molar-refractivity contribution in [2.24, 2.45) is 11.8 Å². The Morgan fingerprint density at radius 2 is 2.03 bits per heavy atom. The second-order valence-corrected chi connectivity index (χ2v) is 8.40. The molecule has 2 saturated heterocycles. The Bertz CT molecular complexity index is 711. The zero-order valence-corrected chi connectivity index (χ0v) is 17.3. The number of nitrogens with zero attached hydrogens (tertiary/aromatic N) is 2. The van der Waals surface area contributed by atoms with Gasteiger partial charge in [-0.25, -0.2) is 9.59 Å². The van der Waals surface area contributed by atoms with Crippen LogP contribution in [0.25, 0.3) is 0 Å². The summed E-state index contributed by atoms with van der Waals surface area (Å²) < 4.78 is 37.7. The number of hydrogen-bond donors (Lipinski definition) is 2. The van der Waals surface area contributed by atoms with Crippen LogP contribution in [-0.2, 0) is 16.1 Å². The van der Waals surface area contributed by atoms with Crippen LogP contribution in [0.2, 0.25) is 0 Å². The minimum absolute atomic E-state index is 0.0208. The van der Waals surface area contributed by atoms with Crippen molar-refractivity contribution in [3.8, 4) is 0 Å². The van der Waals surface area contributed by atoms with E-state index in [0.717, 1.165) is 26.2 Å². The van der Waals surface area contributed by atoms with Gasteiger partial charge in [0.15, 0.2) is 0 Å². The Balaban J connectivity index is 0.000000370. The van der Waals surface area contributed by atoms with Gasteiger partial charge in [-0.3, -0.25) is 4.90 Å². The van der Waals surface area contributed by atoms with Gasteiger partial charge in [0.1, 0.15) is 0 Å². The number of hydrogen-bond acceptors (Lipinski definition) is 5. The minimum Gasteiger partial charge on any atom is -0.475 e. The number of aryl methyl sites for hydroxylation is 1. The van der Waals surface area contributed by atoms with Gasteiger partial charge in [0, 0.05) is 57.0 Å². The number of alkyl halides is 3. The van der Waals surface area contributed by atoms with Crippen molar-refractivity contribution < 1.29 is 32.6 Å². The third kappa shape index (κ3) is 6.58. The van der Waals surface area contributed by atoms with Gasteiger partial charge < -0.3 is 20.1 Å². The fraction of sp³-hybridized carbons (Fsp3) is 0.667. The lowest BCUT2D eigenvalue weighted by molar-refractivity contribution is -0.192. The highest BCUT2D eigenvalue weighted by atomic mass is 32.1. The van der Waals surface area contributed by atoms with Crippen LogP contribution in [0.1, 0.15) is 10.4 Å². The van der Waals surface area contributed by atoms with Gasteiger partial charge in [-0.15, -0.1) is 11.3 Å². The number of carbonyl (C=O) groups is 2. The van der Waals surface area contributed by atoms with Gasteiger partial charge in [0.25, 0.3) is 0 Å². The fourth-order valence-electron chi connectivity index (χ4n) is 3.36. The number of amides is 2. The lowest BCUT2D eigenvalue weighted by Gasteiger charge is -2.20. The van der Waals surface area contributed by atoms with E-state index in [-0.39, 0.29) is 6.03 Å². The average Bonchev–Trinajstić information content (AvgIpc) is 3.30. The molecule has 0 bridgehead atoms. The predicted molar refractivity (Wildman–Crippen MR) is 102 cm³/mol. The molecule has 2 N–H and O–H groups in total. The number of likely N-dealkylation sites (tertiary alicyclic amines) is 1. The molecule has 1 aromatic heterocycles. The number of thiophene rings is 1. The Labute approximate surface area is 171 Å². The SMILES string of the molecule is Cc1ccsc1CN1C[C@@H]2[C@@H](CNC(=O)N(C)C)CO[C@@H]2C1.O=C(O)C(F)(F)F. The number of fused-ring (bicyclic) bond motifs is 1. The molecule has 164 valence electrons. The van der Waals surface area contributed by atoms with Crippen molar-refractivity contribution in [3.05, 3.63) is 21.9 Å². The summed E-state index contributed by atoms with van der Waals surface area (Å²) >= 11 is 1.84. The molecule has 2 aliphatic rings. The molecule has 2 amide bonds. The summed E-state index contributed by atoms with van der Waals surface area (Å²) in [5.74, 6) is -1.78. The average molecular weight is 437 g/mol. The molecule has 0 aromatic carbocycles. The van der Waals surface area contributed by atoms with Crippen LogP contribution < -0.4 is 5.32 Å². The van der Waals surface area contributed by atoms with Crippen molar-refractivity contribution in [2.75, 3.05) is 40.3 Å². The largest absolute Gasteiger partial charge is 0.490 e. The molecule has 3 rings (SSSR count). The highest BCUT2D eigenvalue weighted by Crippen LogP contribution is 2.34. The predicted octanol–water partition coefficient (Wildman–Crippen LogP) is 2.41. The van der Waals surface area contributed by atoms with Crippen molar-refractivity contribution in [2.45, 2.75) is 25.7 Å². The van der Waals surface area contributed by atoms with Gasteiger partial charge in [0.05, 0.1) is 12.7 Å². The van der Waals surface area contributed by atoms with Crippen LogP contribution in [0.4, 0.5) is 18.0 Å². The third-order valence-electron chi connectivity index (χ3n) is 5.01. The first kappa shape index (κ1) is 23.4. The van der Waals surface area contributed by atoms with Gasteiger partial charge in [-0.1, -0.05) is 0 Å². The zero-order valence-electron chi connectivity index (χ0n) is 16.5. The molecule has 0 spiro atoms. The van der Waals surface area contributed by atoms with Crippen LogP contribution in [-0.4, -0.2) is 79.5 Å². The molecular weight excluding hydrogens is 411 g/mol. The topological polar surface area (TPSA) is 82.1 Å². The van der Waals surface area contributed by atoms with E-state index in [9.17, 15) is 18.0 Å². The van der Waals surface area contributed by atoms with Crippen LogP contribution in [0.15, 0.2) is 11.4 Å². The summed E-state index contributed by atoms with van der Waals surface area (Å²) in [4.78, 5) is 26.1. The van der Waals surface area contributed by atoms with E-state index in [0.29, 0.717) is 24.5 Å². The van der Waals surface area contributed by atoms with Gasteiger partial charge >= 0.3 is 18.2 Å². The fourth-order valence-corrected chi connectivity index (χ4v) is 4.31. The Hall–Kier alpha value is -1.85. The number of urea groups is 1. The van der Waals surface area contributed by atoms with E-state index in [1.807, 2.05) is 11.3 Å². The number of aliphatic carboxylic acids is 1. The monoisotopic (exact) mass is 437 g/mol. The van der Waals surface area contributed by atoms with E-state index >= 15 is 0 Å². The van der Waals surface area contributed by atoms with Gasteiger partial charge in [-0.05, 0) is 23.9 Å². The van der Waals surface area contributed by atoms with E-state index in [4.69, 9.17) is 14.6 Å². The lowest BCUT2D eigenvalue weighted by atomic mass is 9.93. The maximum absolute atomic E-state index is 11.7. The number of carboxylic acid groups (broad SMARTS) is 1. The lowest BCUT2D eigenvalue weighted by Crippen LogP contribution is -2.39. The number of nitrogens with one attached hydrogen (secondary N) is 1. The Morgan fingerprint density at radius 1 is 1.38 bits per heavy atom. The highest BCUT2D eigenvalue weighted by Gasteiger charge is 2.43. The van der Waals surface area contributed by atoms with Gasteiger partial charge in [0.2, 0.25) is 0 Å². The normalized spacial score (nSPS) is 23.9. The van der Waals surface area contributed by atoms with Crippen LogP contribution in [0.5, 0.6) is 0 Å². The van der Waals surface area contributed by atoms with E-state index < -0.39 is 12.1 Å². The van der Waals surface area contributed by atoms with E-state index in [1.165, 1.54) is 10.4 Å². The molecular formula is C18H26F3N3O4S. The molecule has 0 aliphatic carbocycles. The van der Waals surface area contributed by atoms with Crippen molar-refractivity contribution in [1.29, 1.82) is 0 Å². The van der Waals surface area contributed by atoms with Crippen LogP contribution >= 0.6 is 11.3 Å². The van der Waals surface area contributed by atoms with Crippen molar-refractivity contribution in [1.82, 2.24) is 15.1 Å². The van der Waals surface area contributed by atoms with E-state index in [1.54, 1.807) is 19.0 Å². The molecule has 2 aliphatic heterocycles. The summed E-state index contributed by atoms with van der Waals surface area (Å²) in [5, 5.41) is 12.3. The first-order valence-electron chi connectivity index (χ1n) is 9.11. The standard InChI is InChI=1S/C16H25N3O2S.C2HF3O2/c1-11-4-5-22-15(11)9-19-7-13-12(10-21-14(13)8-19)6-17-16(20)18(2)3;3-2(4,5)1(6)7/h4-5,12-14H,6-10H2,1-3H3,(H,17,20);(H,6,7)/t12-,13+,14+;/m0./s1. The van der Waals surface area contributed by atoms with Crippen molar-refractivity contribution >= 4 is 23.3 Å². The highest BCUT2D eigenvalue weighted by molar-refractivity contribution is 7.10. The molecule has 7 nitrogen and oxygen atoms in total. The molecule has 29 heavy (non-hydrogen) atoms. The molecule has 2 fully saturated rings. The first-order valence-corrected chi connectivity index (χ1v) is 9.99. The number of carbonyl (C=O) groups excluding carboxylic acids is 1. The van der Waals surface area contributed by atoms with E-state index in [2.05, 4.69) is 28.6 Å². The molecule has 0 saturated carbocycles. The first-order chi connectivity index (χ1) is 13.5. The summed E-state index contributed by atoms with van der Waals surface area (Å²) in [7, 11) is 3.54.